The SMILES string of the molecule is CC.CC(C)(C)SN. The minimum atomic E-state index is 0.236. The van der Waals surface area contributed by atoms with Crippen LogP contribution in [0.4, 0.5) is 0 Å². The van der Waals surface area contributed by atoms with E-state index in [4.69, 9.17) is 5.14 Å². The van der Waals surface area contributed by atoms with Crippen LogP contribution in [0.25, 0.3) is 0 Å². The molecule has 0 radical (unpaired) electrons. The molecule has 0 saturated heterocycles. The maximum absolute atomic E-state index is 5.22. The Labute approximate surface area is 57.2 Å². The summed E-state index contributed by atoms with van der Waals surface area (Å²) in [6.07, 6.45) is 0. The van der Waals surface area contributed by atoms with Gasteiger partial charge in [-0.05, 0) is 20.8 Å². The molecule has 0 aliphatic rings. The molecule has 0 atom stereocenters. The van der Waals surface area contributed by atoms with Crippen LogP contribution in [0.3, 0.4) is 0 Å². The molecule has 0 spiro atoms. The molecule has 52 valence electrons. The Morgan fingerprint density at radius 3 is 1.25 bits per heavy atom. The fourth-order valence-corrected chi connectivity index (χ4v) is 0. The summed E-state index contributed by atoms with van der Waals surface area (Å²) in [5, 5.41) is 5.22. The molecule has 0 rings (SSSR count). The Morgan fingerprint density at radius 2 is 1.25 bits per heavy atom. The topological polar surface area (TPSA) is 26.0 Å². The van der Waals surface area contributed by atoms with Crippen molar-refractivity contribution in [3.8, 4) is 0 Å². The van der Waals surface area contributed by atoms with Crippen molar-refractivity contribution in [1.82, 2.24) is 0 Å². The summed E-state index contributed by atoms with van der Waals surface area (Å²) >= 11 is 1.38. The predicted molar refractivity (Wildman–Crippen MR) is 42.9 cm³/mol. The van der Waals surface area contributed by atoms with Crippen LogP contribution in [0, 0.1) is 0 Å². The van der Waals surface area contributed by atoms with Gasteiger partial charge in [0.15, 0.2) is 0 Å². The predicted octanol–water partition coefficient (Wildman–Crippen LogP) is 2.42. The first-order valence-electron chi connectivity index (χ1n) is 2.94. The fourth-order valence-electron chi connectivity index (χ4n) is 0. The van der Waals surface area contributed by atoms with Crippen molar-refractivity contribution in [2.75, 3.05) is 0 Å². The molecule has 0 aromatic heterocycles. The maximum Gasteiger partial charge on any atom is 0.0218 e. The van der Waals surface area contributed by atoms with Gasteiger partial charge in [0.2, 0.25) is 0 Å². The summed E-state index contributed by atoms with van der Waals surface area (Å²) in [6.45, 7) is 10.2. The quantitative estimate of drug-likeness (QED) is 0.516. The highest BCUT2D eigenvalue weighted by Gasteiger charge is 2.05. The number of hydrogen-bond donors (Lipinski definition) is 1. The molecule has 0 fully saturated rings. The van der Waals surface area contributed by atoms with Crippen molar-refractivity contribution < 1.29 is 0 Å². The Bertz CT molecular complexity index is 38.3. The average Bonchev–Trinajstić information content (AvgIpc) is 1.71. The standard InChI is InChI=1S/C4H11NS.C2H6/c1-4(2,3)6-5;1-2/h5H2,1-3H3;1-2H3. The first-order valence-corrected chi connectivity index (χ1v) is 3.82. The van der Waals surface area contributed by atoms with Crippen molar-refractivity contribution in [1.29, 1.82) is 0 Å². The zero-order valence-corrected chi connectivity index (χ0v) is 7.30. The Balaban J connectivity index is 0. The van der Waals surface area contributed by atoms with Crippen LogP contribution in [0.1, 0.15) is 34.6 Å². The smallest absolute Gasteiger partial charge is 0.0218 e. The second-order valence-corrected chi connectivity index (χ2v) is 3.69. The van der Waals surface area contributed by atoms with Gasteiger partial charge in [0.05, 0.1) is 0 Å². The normalized spacial score (nSPS) is 9.75. The maximum atomic E-state index is 5.22. The largest absolute Gasteiger partial charge is 0.277 e. The van der Waals surface area contributed by atoms with Gasteiger partial charge >= 0.3 is 0 Å². The number of hydrogen-bond acceptors (Lipinski definition) is 2. The van der Waals surface area contributed by atoms with E-state index in [1.165, 1.54) is 11.9 Å². The summed E-state index contributed by atoms with van der Waals surface area (Å²) in [4.78, 5) is 0. The average molecular weight is 135 g/mol. The third kappa shape index (κ3) is 16.2. The highest BCUT2D eigenvalue weighted by atomic mass is 32.2. The molecule has 1 nitrogen and oxygen atoms in total. The molecule has 0 aliphatic heterocycles. The summed E-state index contributed by atoms with van der Waals surface area (Å²) in [5.41, 5.74) is 0. The van der Waals surface area contributed by atoms with Crippen LogP contribution in [0.15, 0.2) is 0 Å². The van der Waals surface area contributed by atoms with Gasteiger partial charge in [0, 0.05) is 4.75 Å². The molecule has 2 heteroatoms. The van der Waals surface area contributed by atoms with Gasteiger partial charge in [-0.25, -0.2) is 0 Å². The van der Waals surface area contributed by atoms with Crippen LogP contribution in [-0.2, 0) is 0 Å². The second kappa shape index (κ2) is 5.45. The van der Waals surface area contributed by atoms with E-state index < -0.39 is 0 Å². The van der Waals surface area contributed by atoms with Gasteiger partial charge < -0.3 is 0 Å². The number of rotatable bonds is 0. The van der Waals surface area contributed by atoms with Crippen LogP contribution in [-0.4, -0.2) is 4.75 Å². The van der Waals surface area contributed by atoms with Gasteiger partial charge in [0.1, 0.15) is 0 Å². The fraction of sp³-hybridized carbons (Fsp3) is 1.00. The van der Waals surface area contributed by atoms with Crippen LogP contribution < -0.4 is 5.14 Å². The lowest BCUT2D eigenvalue weighted by molar-refractivity contribution is 0.804. The van der Waals surface area contributed by atoms with E-state index in [9.17, 15) is 0 Å². The first kappa shape index (κ1) is 11.2. The molecule has 0 aromatic carbocycles. The Hall–Kier alpha value is 0.310. The lowest BCUT2D eigenvalue weighted by atomic mass is 10.3. The lowest BCUT2D eigenvalue weighted by Gasteiger charge is -2.11. The van der Waals surface area contributed by atoms with E-state index in [1.807, 2.05) is 13.8 Å². The summed E-state index contributed by atoms with van der Waals surface area (Å²) in [7, 11) is 0. The molecule has 0 saturated carbocycles. The van der Waals surface area contributed by atoms with Crippen molar-refractivity contribution in [2.45, 2.75) is 39.4 Å². The molecule has 0 heterocycles. The Morgan fingerprint density at radius 1 is 1.12 bits per heavy atom. The van der Waals surface area contributed by atoms with E-state index in [-0.39, 0.29) is 4.75 Å². The minimum absolute atomic E-state index is 0.236. The van der Waals surface area contributed by atoms with E-state index in [1.54, 1.807) is 0 Å². The summed E-state index contributed by atoms with van der Waals surface area (Å²) in [6, 6.07) is 0. The Kier molecular flexibility index (Phi) is 7.59. The molecule has 0 aliphatic carbocycles. The summed E-state index contributed by atoms with van der Waals surface area (Å²) < 4.78 is 0.236. The first-order chi connectivity index (χ1) is 3.56. The van der Waals surface area contributed by atoms with Crippen LogP contribution >= 0.6 is 11.9 Å². The zero-order chi connectivity index (χ0) is 7.21. The third-order valence-corrected chi connectivity index (χ3v) is 1.06. The van der Waals surface area contributed by atoms with Gasteiger partial charge in [-0.3, -0.25) is 5.14 Å². The number of nitrogens with two attached hydrogens (primary N) is 1. The molecule has 0 bridgehead atoms. The van der Waals surface area contributed by atoms with Gasteiger partial charge in [-0.2, -0.15) is 0 Å². The molecule has 8 heavy (non-hydrogen) atoms. The van der Waals surface area contributed by atoms with E-state index in [0.29, 0.717) is 0 Å². The molecule has 0 aromatic rings. The lowest BCUT2D eigenvalue weighted by Crippen LogP contribution is -2.09. The van der Waals surface area contributed by atoms with Gasteiger partial charge in [-0.1, -0.05) is 25.8 Å². The highest BCUT2D eigenvalue weighted by molar-refractivity contribution is 7.98. The molecule has 2 N–H and O–H groups in total. The molecular formula is C6H17NS. The minimum Gasteiger partial charge on any atom is -0.277 e. The van der Waals surface area contributed by atoms with E-state index >= 15 is 0 Å². The highest BCUT2D eigenvalue weighted by Crippen LogP contribution is 2.15. The van der Waals surface area contributed by atoms with Crippen molar-refractivity contribution in [3.63, 3.8) is 0 Å². The molecule has 0 unspecified atom stereocenters. The van der Waals surface area contributed by atoms with Gasteiger partial charge in [0.25, 0.3) is 0 Å². The second-order valence-electron chi connectivity index (χ2n) is 2.23. The van der Waals surface area contributed by atoms with Crippen molar-refractivity contribution >= 4 is 11.9 Å². The van der Waals surface area contributed by atoms with E-state index in [0.717, 1.165) is 0 Å². The third-order valence-electron chi connectivity index (χ3n) is 0.354. The van der Waals surface area contributed by atoms with Crippen LogP contribution in [0.2, 0.25) is 0 Å². The zero-order valence-electron chi connectivity index (χ0n) is 6.49. The van der Waals surface area contributed by atoms with E-state index in [2.05, 4.69) is 20.8 Å². The molecule has 0 amide bonds. The van der Waals surface area contributed by atoms with Crippen molar-refractivity contribution in [3.05, 3.63) is 0 Å². The monoisotopic (exact) mass is 135 g/mol. The van der Waals surface area contributed by atoms with Crippen LogP contribution in [0.5, 0.6) is 0 Å². The van der Waals surface area contributed by atoms with Gasteiger partial charge in [-0.15, -0.1) is 0 Å². The summed E-state index contributed by atoms with van der Waals surface area (Å²) in [5.74, 6) is 0. The molecular weight excluding hydrogens is 118 g/mol. The van der Waals surface area contributed by atoms with Crippen molar-refractivity contribution in [2.24, 2.45) is 5.14 Å².